The molecule has 0 unspecified atom stereocenters. The first-order chi connectivity index (χ1) is 8.95. The molecule has 5 nitrogen and oxygen atoms in total. The summed E-state index contributed by atoms with van der Waals surface area (Å²) >= 11 is 5.76. The number of benzene rings is 1. The fraction of sp³-hybridized carbons (Fsp3) is 0.0909. The van der Waals surface area contributed by atoms with Crippen LogP contribution < -0.4 is 5.73 Å². The summed E-state index contributed by atoms with van der Waals surface area (Å²) in [7, 11) is 1.16. The number of nitrogen functional groups attached to an aromatic ring is 1. The first-order valence-electron chi connectivity index (χ1n) is 5.01. The van der Waals surface area contributed by atoms with Crippen molar-refractivity contribution >= 4 is 23.4 Å². The van der Waals surface area contributed by atoms with Gasteiger partial charge in [-0.3, -0.25) is 4.57 Å². The van der Waals surface area contributed by atoms with Crippen molar-refractivity contribution in [1.29, 1.82) is 0 Å². The van der Waals surface area contributed by atoms with Gasteiger partial charge in [0, 0.05) is 6.07 Å². The zero-order chi connectivity index (χ0) is 14.2. The first kappa shape index (κ1) is 13.3. The van der Waals surface area contributed by atoms with Crippen LogP contribution in [0.1, 0.15) is 10.5 Å². The van der Waals surface area contributed by atoms with Gasteiger partial charge in [-0.2, -0.15) is 0 Å². The summed E-state index contributed by atoms with van der Waals surface area (Å²) in [6.45, 7) is 0. The SMILES string of the molecule is COC(=O)c1ncn(-c2c(F)cc(F)cc2Cl)c1N. The van der Waals surface area contributed by atoms with E-state index in [0.29, 0.717) is 6.07 Å². The van der Waals surface area contributed by atoms with Crippen LogP contribution in [0.4, 0.5) is 14.6 Å². The smallest absolute Gasteiger partial charge is 0.360 e. The Kier molecular flexibility index (Phi) is 3.39. The Bertz CT molecular complexity index is 634. The van der Waals surface area contributed by atoms with E-state index in [0.717, 1.165) is 24.1 Å². The van der Waals surface area contributed by atoms with Crippen LogP contribution in [-0.2, 0) is 4.74 Å². The average Bonchev–Trinajstić information content (AvgIpc) is 2.69. The van der Waals surface area contributed by atoms with Crippen LogP contribution in [0.2, 0.25) is 5.02 Å². The number of carbonyl (C=O) groups is 1. The van der Waals surface area contributed by atoms with Crippen molar-refractivity contribution in [3.05, 3.63) is 40.8 Å². The standard InChI is InChI=1S/C11H8ClF2N3O2/c1-19-11(18)8-10(15)17(4-16-8)9-6(12)2-5(13)3-7(9)14/h2-4H,15H2,1H3. The topological polar surface area (TPSA) is 70.1 Å². The molecule has 0 saturated heterocycles. The van der Waals surface area contributed by atoms with Gasteiger partial charge in [0.15, 0.2) is 11.5 Å². The Morgan fingerprint density at radius 2 is 2.16 bits per heavy atom. The van der Waals surface area contributed by atoms with Crippen LogP contribution in [0.25, 0.3) is 5.69 Å². The van der Waals surface area contributed by atoms with Gasteiger partial charge >= 0.3 is 5.97 Å². The molecule has 0 saturated carbocycles. The van der Waals surface area contributed by atoms with Crippen LogP contribution in [0.3, 0.4) is 0 Å². The minimum absolute atomic E-state index is 0.153. The Labute approximate surface area is 111 Å². The lowest BCUT2D eigenvalue weighted by Gasteiger charge is -2.09. The van der Waals surface area contributed by atoms with Crippen LogP contribution >= 0.6 is 11.6 Å². The quantitative estimate of drug-likeness (QED) is 0.860. The van der Waals surface area contributed by atoms with Gasteiger partial charge in [0.1, 0.15) is 23.6 Å². The summed E-state index contributed by atoms with van der Waals surface area (Å²) in [4.78, 5) is 15.0. The summed E-state index contributed by atoms with van der Waals surface area (Å²) in [5.74, 6) is -2.67. The highest BCUT2D eigenvalue weighted by molar-refractivity contribution is 6.32. The Morgan fingerprint density at radius 1 is 1.47 bits per heavy atom. The normalized spacial score (nSPS) is 10.5. The van der Waals surface area contributed by atoms with Crippen molar-refractivity contribution in [3.63, 3.8) is 0 Å². The lowest BCUT2D eigenvalue weighted by Crippen LogP contribution is -2.08. The molecule has 0 bridgehead atoms. The molecule has 19 heavy (non-hydrogen) atoms. The lowest BCUT2D eigenvalue weighted by atomic mass is 10.3. The number of hydrogen-bond donors (Lipinski definition) is 1. The Morgan fingerprint density at radius 3 is 2.74 bits per heavy atom. The summed E-state index contributed by atoms with van der Waals surface area (Å²) in [6, 6.07) is 1.58. The number of aromatic nitrogens is 2. The van der Waals surface area contributed by atoms with E-state index in [1.807, 2.05) is 0 Å². The summed E-state index contributed by atoms with van der Waals surface area (Å²) in [6.07, 6.45) is 1.10. The van der Waals surface area contributed by atoms with E-state index in [9.17, 15) is 13.6 Å². The minimum atomic E-state index is -0.925. The number of ether oxygens (including phenoxy) is 1. The summed E-state index contributed by atoms with van der Waals surface area (Å²) < 4.78 is 32.2. The third-order valence-corrected chi connectivity index (χ3v) is 2.69. The second-order valence-corrected chi connectivity index (χ2v) is 3.97. The average molecular weight is 288 g/mol. The number of imidazole rings is 1. The van der Waals surface area contributed by atoms with E-state index >= 15 is 0 Å². The molecular weight excluding hydrogens is 280 g/mol. The van der Waals surface area contributed by atoms with Crippen LogP contribution in [0.15, 0.2) is 18.5 Å². The molecule has 1 heterocycles. The Balaban J connectivity index is 2.61. The molecule has 1 aromatic carbocycles. The lowest BCUT2D eigenvalue weighted by molar-refractivity contribution is 0.0596. The van der Waals surface area contributed by atoms with Gasteiger partial charge in [-0.1, -0.05) is 11.6 Å². The van der Waals surface area contributed by atoms with Crippen LogP contribution in [0, 0.1) is 11.6 Å². The second-order valence-electron chi connectivity index (χ2n) is 3.56. The number of hydrogen-bond acceptors (Lipinski definition) is 4. The Hall–Kier alpha value is -2.15. The van der Waals surface area contributed by atoms with E-state index in [-0.39, 0.29) is 22.2 Å². The van der Waals surface area contributed by atoms with E-state index in [2.05, 4.69) is 9.72 Å². The van der Waals surface area contributed by atoms with Crippen molar-refractivity contribution in [2.75, 3.05) is 12.8 Å². The third-order valence-electron chi connectivity index (χ3n) is 2.41. The predicted molar refractivity (Wildman–Crippen MR) is 64.2 cm³/mol. The number of nitrogens with two attached hydrogens (primary N) is 1. The summed E-state index contributed by atoms with van der Waals surface area (Å²) in [5.41, 5.74) is 5.30. The monoisotopic (exact) mass is 287 g/mol. The fourth-order valence-corrected chi connectivity index (χ4v) is 1.84. The minimum Gasteiger partial charge on any atom is -0.464 e. The fourth-order valence-electron chi connectivity index (χ4n) is 1.55. The number of carbonyl (C=O) groups excluding carboxylic acids is 1. The number of anilines is 1. The predicted octanol–water partition coefficient (Wildman–Crippen LogP) is 2.17. The van der Waals surface area contributed by atoms with Crippen molar-refractivity contribution in [3.8, 4) is 5.69 Å². The molecule has 0 atom stereocenters. The van der Waals surface area contributed by atoms with Gasteiger partial charge in [0.2, 0.25) is 0 Å². The molecule has 0 aliphatic heterocycles. The molecule has 0 aliphatic rings. The van der Waals surface area contributed by atoms with Crippen molar-refractivity contribution in [2.24, 2.45) is 0 Å². The maximum atomic E-state index is 13.7. The van der Waals surface area contributed by atoms with Crippen molar-refractivity contribution in [1.82, 2.24) is 9.55 Å². The van der Waals surface area contributed by atoms with E-state index in [1.165, 1.54) is 0 Å². The van der Waals surface area contributed by atoms with Crippen LogP contribution in [-0.4, -0.2) is 22.6 Å². The van der Waals surface area contributed by atoms with Gasteiger partial charge in [-0.15, -0.1) is 0 Å². The molecule has 0 amide bonds. The highest BCUT2D eigenvalue weighted by Gasteiger charge is 2.20. The van der Waals surface area contributed by atoms with Gasteiger partial charge in [0.05, 0.1) is 12.1 Å². The maximum absolute atomic E-state index is 13.7. The molecule has 0 spiro atoms. The molecule has 2 rings (SSSR count). The number of esters is 1. The number of rotatable bonds is 2. The highest BCUT2D eigenvalue weighted by Crippen LogP contribution is 2.28. The second kappa shape index (κ2) is 4.85. The van der Waals surface area contributed by atoms with E-state index in [4.69, 9.17) is 17.3 Å². The highest BCUT2D eigenvalue weighted by atomic mass is 35.5. The van der Waals surface area contributed by atoms with Gasteiger partial charge in [-0.25, -0.2) is 18.6 Å². The van der Waals surface area contributed by atoms with Crippen LogP contribution in [0.5, 0.6) is 0 Å². The van der Waals surface area contributed by atoms with Crippen molar-refractivity contribution < 1.29 is 18.3 Å². The molecule has 2 N–H and O–H groups in total. The molecule has 8 heteroatoms. The van der Waals surface area contributed by atoms with E-state index < -0.39 is 17.6 Å². The molecule has 1 aromatic heterocycles. The zero-order valence-corrected chi connectivity index (χ0v) is 10.4. The molecule has 100 valence electrons. The van der Waals surface area contributed by atoms with Gasteiger partial charge in [0.25, 0.3) is 0 Å². The molecule has 0 aliphatic carbocycles. The van der Waals surface area contributed by atoms with Gasteiger partial charge in [-0.05, 0) is 6.07 Å². The molecule has 2 aromatic rings. The van der Waals surface area contributed by atoms with Gasteiger partial charge < -0.3 is 10.5 Å². The molecule has 0 fully saturated rings. The number of halogens is 3. The molecule has 0 radical (unpaired) electrons. The zero-order valence-electron chi connectivity index (χ0n) is 9.65. The number of nitrogens with zero attached hydrogens (tertiary/aromatic N) is 2. The largest absolute Gasteiger partial charge is 0.464 e. The first-order valence-corrected chi connectivity index (χ1v) is 5.39. The molecular formula is C11H8ClF2N3O2. The van der Waals surface area contributed by atoms with E-state index in [1.54, 1.807) is 0 Å². The van der Waals surface area contributed by atoms with Crippen molar-refractivity contribution in [2.45, 2.75) is 0 Å². The number of methoxy groups -OCH3 is 1. The third kappa shape index (κ3) is 2.24. The summed E-state index contributed by atoms with van der Waals surface area (Å²) in [5, 5.41) is -0.196. The maximum Gasteiger partial charge on any atom is 0.360 e.